The van der Waals surface area contributed by atoms with E-state index in [1.165, 1.54) is 35.3 Å². The molecule has 0 saturated carbocycles. The van der Waals surface area contributed by atoms with E-state index in [-0.39, 0.29) is 27.3 Å². The third-order valence-electron chi connectivity index (χ3n) is 11.8. The molecular weight excluding hydrogens is 751 g/mol. The van der Waals surface area contributed by atoms with Crippen LogP contribution in [-0.4, -0.2) is 81.7 Å². The fraction of sp³-hybridized carbons (Fsp3) is 0.378. The number of amides is 1. The van der Waals surface area contributed by atoms with Crippen molar-refractivity contribution < 1.29 is 22.7 Å². The van der Waals surface area contributed by atoms with E-state index in [1.807, 2.05) is 24.3 Å². The Kier molecular flexibility index (Phi) is 11.5. The van der Waals surface area contributed by atoms with Crippen molar-refractivity contribution in [2.75, 3.05) is 68.4 Å². The maximum Gasteiger partial charge on any atom is 0.268 e. The van der Waals surface area contributed by atoms with Crippen molar-refractivity contribution in [3.8, 4) is 11.5 Å². The minimum Gasteiger partial charge on any atom is -0.455 e. The summed E-state index contributed by atoms with van der Waals surface area (Å²) in [5.41, 5.74) is 13.5. The number of nitrogen functional groups attached to an aromatic ring is 1. The zero-order chi connectivity index (χ0) is 40.3. The van der Waals surface area contributed by atoms with E-state index in [0.717, 1.165) is 82.7 Å². The number of aromatic amines is 1. The summed E-state index contributed by atoms with van der Waals surface area (Å²) in [6, 6.07) is 24.3. The molecule has 12 nitrogen and oxygen atoms in total. The number of carbonyl (C=O) groups excluding carboxylic acids is 1. The van der Waals surface area contributed by atoms with Gasteiger partial charge in [0.1, 0.15) is 17.1 Å². The summed E-state index contributed by atoms with van der Waals surface area (Å²) in [6.07, 6.45) is 8.66. The fourth-order valence-corrected chi connectivity index (χ4v) is 9.28. The first kappa shape index (κ1) is 39.5. The van der Waals surface area contributed by atoms with Crippen molar-refractivity contribution in [2.24, 2.45) is 11.3 Å². The van der Waals surface area contributed by atoms with Gasteiger partial charge in [0.25, 0.3) is 15.9 Å². The molecule has 2 aromatic heterocycles. The number of nitrogens with two attached hydrogens (primary N) is 1. The molecule has 0 unspecified atom stereocenters. The molecule has 0 spiro atoms. The van der Waals surface area contributed by atoms with Gasteiger partial charge in [-0.2, -0.15) is 0 Å². The molecule has 4 heterocycles. The summed E-state index contributed by atoms with van der Waals surface area (Å²) in [4.78, 5) is 26.1. The minimum absolute atomic E-state index is 0.0726. The molecule has 2 saturated heterocycles. The SMILES string of the molecule is CC1(C)CCC(CN2CCN(c3ccc(C(=O)NS(=O)(=O)c4ccc(NCC5CCOCC5)c(N)c4)c(Oc4cnc5[nH]ccc5c4)c3)CC2)=C(c2ccccc2)C1. The van der Waals surface area contributed by atoms with Crippen LogP contribution in [0.25, 0.3) is 16.6 Å². The van der Waals surface area contributed by atoms with E-state index in [0.29, 0.717) is 29.5 Å². The number of fused-ring (bicyclic) bond motifs is 1. The van der Waals surface area contributed by atoms with Gasteiger partial charge in [-0.3, -0.25) is 9.69 Å². The van der Waals surface area contributed by atoms with Crippen LogP contribution in [0.5, 0.6) is 11.5 Å². The Morgan fingerprint density at radius 1 is 1.00 bits per heavy atom. The lowest BCUT2D eigenvalue weighted by Gasteiger charge is -2.39. The van der Waals surface area contributed by atoms with Crippen LogP contribution in [0.15, 0.2) is 102 Å². The van der Waals surface area contributed by atoms with Crippen molar-refractivity contribution in [1.82, 2.24) is 19.6 Å². The number of nitrogens with one attached hydrogen (secondary N) is 3. The second-order valence-corrected chi connectivity index (χ2v) is 18.2. The number of aromatic nitrogens is 2. The third kappa shape index (κ3) is 9.17. The molecule has 3 aromatic carbocycles. The van der Waals surface area contributed by atoms with E-state index >= 15 is 0 Å². The van der Waals surface area contributed by atoms with Gasteiger partial charge in [0, 0.05) is 75.8 Å². The molecule has 1 amide bonds. The van der Waals surface area contributed by atoms with Crippen LogP contribution in [0.4, 0.5) is 17.1 Å². The predicted octanol–water partition coefficient (Wildman–Crippen LogP) is 7.68. The molecule has 2 aliphatic heterocycles. The van der Waals surface area contributed by atoms with Gasteiger partial charge in [-0.05, 0) is 97.0 Å². The molecule has 304 valence electrons. The van der Waals surface area contributed by atoms with Crippen LogP contribution >= 0.6 is 0 Å². The molecule has 3 aliphatic rings. The Labute approximate surface area is 340 Å². The molecule has 0 atom stereocenters. The number of allylic oxidation sites excluding steroid dienone is 1. The normalized spacial score (nSPS) is 18.0. The summed E-state index contributed by atoms with van der Waals surface area (Å²) in [6.45, 7) is 11.2. The summed E-state index contributed by atoms with van der Waals surface area (Å²) >= 11 is 0. The lowest BCUT2D eigenvalue weighted by atomic mass is 9.72. The monoisotopic (exact) mass is 803 g/mol. The van der Waals surface area contributed by atoms with E-state index < -0.39 is 15.9 Å². The highest BCUT2D eigenvalue weighted by Gasteiger charge is 2.30. The quantitative estimate of drug-likeness (QED) is 0.0924. The summed E-state index contributed by atoms with van der Waals surface area (Å²) in [5, 5.41) is 4.18. The number of hydrogen-bond acceptors (Lipinski definition) is 10. The predicted molar refractivity (Wildman–Crippen MR) is 230 cm³/mol. The summed E-state index contributed by atoms with van der Waals surface area (Å²) in [7, 11) is -4.29. The molecular formula is C45H53N7O5S. The van der Waals surface area contributed by atoms with Gasteiger partial charge in [0.2, 0.25) is 0 Å². The number of piperazine rings is 1. The largest absolute Gasteiger partial charge is 0.455 e. The van der Waals surface area contributed by atoms with Crippen LogP contribution in [0.3, 0.4) is 0 Å². The van der Waals surface area contributed by atoms with E-state index in [4.69, 9.17) is 15.2 Å². The number of pyridine rings is 1. The van der Waals surface area contributed by atoms with Crippen LogP contribution in [0.2, 0.25) is 0 Å². The van der Waals surface area contributed by atoms with Crippen molar-refractivity contribution in [2.45, 2.75) is 50.8 Å². The van der Waals surface area contributed by atoms with Gasteiger partial charge in [-0.25, -0.2) is 18.1 Å². The Bertz CT molecular complexity index is 2400. The number of hydrogen-bond donors (Lipinski definition) is 4. The number of sulfonamides is 1. The number of anilines is 3. The molecule has 5 N–H and O–H groups in total. The van der Waals surface area contributed by atoms with Gasteiger partial charge in [-0.1, -0.05) is 49.8 Å². The van der Waals surface area contributed by atoms with Crippen LogP contribution in [-0.2, 0) is 14.8 Å². The highest BCUT2D eigenvalue weighted by Crippen LogP contribution is 2.43. The number of rotatable bonds is 12. The van der Waals surface area contributed by atoms with E-state index in [1.54, 1.807) is 24.5 Å². The van der Waals surface area contributed by atoms with Crippen LogP contribution < -0.4 is 25.4 Å². The van der Waals surface area contributed by atoms with E-state index in [2.05, 4.69) is 74.0 Å². The first-order valence-electron chi connectivity index (χ1n) is 20.3. The van der Waals surface area contributed by atoms with Crippen LogP contribution in [0.1, 0.15) is 61.9 Å². The van der Waals surface area contributed by atoms with Crippen molar-refractivity contribution in [3.63, 3.8) is 0 Å². The molecule has 58 heavy (non-hydrogen) atoms. The fourth-order valence-electron chi connectivity index (χ4n) is 8.28. The molecule has 8 rings (SSSR count). The smallest absolute Gasteiger partial charge is 0.268 e. The van der Waals surface area contributed by atoms with Crippen molar-refractivity contribution in [3.05, 3.63) is 108 Å². The third-order valence-corrected chi connectivity index (χ3v) is 13.1. The maximum atomic E-state index is 13.9. The second-order valence-electron chi connectivity index (χ2n) is 16.5. The number of H-pyrrole nitrogens is 1. The second kappa shape index (κ2) is 16.8. The maximum absolute atomic E-state index is 13.9. The highest BCUT2D eigenvalue weighted by atomic mass is 32.2. The lowest BCUT2D eigenvalue weighted by Crippen LogP contribution is -2.47. The average Bonchev–Trinajstić information content (AvgIpc) is 3.70. The zero-order valence-corrected chi connectivity index (χ0v) is 34.1. The van der Waals surface area contributed by atoms with Crippen molar-refractivity contribution in [1.29, 1.82) is 0 Å². The standard InChI is InChI=1S/C45H53N7O5S/c1-45(2)16-12-34(39(27-45)32-6-4-3-5-7-32)30-51-18-20-52(21-19-51)35-8-10-38(42(25-35)57-36-24-33-13-17-47-43(33)49-29-36)44(53)50-58(54,55)37-9-11-41(40(46)26-37)48-28-31-14-22-56-23-15-31/h3-11,13,17,24-26,29,31,48H,12,14-16,18-23,27-28,30,46H2,1-2H3,(H,47,49)(H,50,53). The van der Waals surface area contributed by atoms with Gasteiger partial charge in [-0.15, -0.1) is 0 Å². The molecule has 5 aromatic rings. The van der Waals surface area contributed by atoms with Crippen molar-refractivity contribution >= 4 is 49.6 Å². The Morgan fingerprint density at radius 2 is 1.79 bits per heavy atom. The number of carbonyl (C=O) groups is 1. The summed E-state index contributed by atoms with van der Waals surface area (Å²) in [5.74, 6) is 0.273. The van der Waals surface area contributed by atoms with Crippen LogP contribution in [0, 0.1) is 11.3 Å². The Morgan fingerprint density at radius 3 is 2.57 bits per heavy atom. The topological polar surface area (TPSA) is 155 Å². The molecule has 0 bridgehead atoms. The highest BCUT2D eigenvalue weighted by molar-refractivity contribution is 7.90. The van der Waals surface area contributed by atoms with Gasteiger partial charge in [0.05, 0.1) is 28.0 Å². The zero-order valence-electron chi connectivity index (χ0n) is 33.3. The Balaban J connectivity index is 0.986. The lowest BCUT2D eigenvalue weighted by molar-refractivity contribution is 0.0699. The van der Waals surface area contributed by atoms with E-state index in [9.17, 15) is 13.2 Å². The molecule has 0 radical (unpaired) electrons. The minimum atomic E-state index is -4.29. The number of nitrogens with zero attached hydrogens (tertiary/aromatic N) is 3. The van der Waals surface area contributed by atoms with Gasteiger partial charge < -0.3 is 30.4 Å². The first-order chi connectivity index (χ1) is 28.0. The molecule has 13 heteroatoms. The van der Waals surface area contributed by atoms with Gasteiger partial charge >= 0.3 is 0 Å². The number of ether oxygens (including phenoxy) is 2. The van der Waals surface area contributed by atoms with Gasteiger partial charge in [0.15, 0.2) is 0 Å². The molecule has 2 fully saturated rings. The molecule has 1 aliphatic carbocycles. The Hall–Kier alpha value is -5.37. The average molecular weight is 804 g/mol. The number of benzene rings is 3. The first-order valence-corrected chi connectivity index (χ1v) is 21.7. The summed E-state index contributed by atoms with van der Waals surface area (Å²) < 4.78 is 41.3.